The zero-order valence-corrected chi connectivity index (χ0v) is 10.0. The van der Waals surface area contributed by atoms with Crippen LogP contribution in [0.4, 0.5) is 0 Å². The molecule has 2 aliphatic heterocycles. The van der Waals surface area contributed by atoms with E-state index in [1.54, 1.807) is 24.5 Å². The Hall–Kier alpha value is -1.42. The Morgan fingerprint density at radius 1 is 1.24 bits per heavy atom. The lowest BCUT2D eigenvalue weighted by atomic mass is 10.1. The molecular formula is C13H17N3O. The molecule has 0 saturated carbocycles. The van der Waals surface area contributed by atoms with Gasteiger partial charge in [-0.2, -0.15) is 0 Å². The summed E-state index contributed by atoms with van der Waals surface area (Å²) in [5.41, 5.74) is 0.754. The van der Waals surface area contributed by atoms with Crippen LogP contribution in [0.3, 0.4) is 0 Å². The summed E-state index contributed by atoms with van der Waals surface area (Å²) in [5, 5.41) is 0. The molecule has 2 unspecified atom stereocenters. The summed E-state index contributed by atoms with van der Waals surface area (Å²) in [7, 11) is 2.18. The van der Waals surface area contributed by atoms with Gasteiger partial charge in [-0.15, -0.1) is 0 Å². The van der Waals surface area contributed by atoms with Gasteiger partial charge in [0, 0.05) is 43.1 Å². The molecule has 2 aliphatic rings. The number of carbonyl (C=O) groups is 1. The maximum Gasteiger partial charge on any atom is 0.254 e. The van der Waals surface area contributed by atoms with Crippen molar-refractivity contribution < 1.29 is 4.79 Å². The molecule has 0 aromatic carbocycles. The topological polar surface area (TPSA) is 36.4 Å². The van der Waals surface area contributed by atoms with Crippen LogP contribution in [0.25, 0.3) is 0 Å². The highest BCUT2D eigenvalue weighted by Gasteiger charge is 2.39. The van der Waals surface area contributed by atoms with Crippen LogP contribution in [0.1, 0.15) is 23.2 Å². The molecule has 2 fully saturated rings. The summed E-state index contributed by atoms with van der Waals surface area (Å²) in [6.45, 7) is 1.74. The van der Waals surface area contributed by atoms with Crippen molar-refractivity contribution in [2.75, 3.05) is 20.1 Å². The molecule has 2 atom stereocenters. The van der Waals surface area contributed by atoms with Gasteiger partial charge in [0.25, 0.3) is 5.91 Å². The highest BCUT2D eigenvalue weighted by Crippen LogP contribution is 2.28. The minimum absolute atomic E-state index is 0.150. The van der Waals surface area contributed by atoms with Crippen molar-refractivity contribution in [2.45, 2.75) is 24.9 Å². The Morgan fingerprint density at radius 2 is 1.82 bits per heavy atom. The molecule has 0 spiro atoms. The summed E-state index contributed by atoms with van der Waals surface area (Å²) in [6, 6.07) is 4.70. The van der Waals surface area contributed by atoms with Crippen molar-refractivity contribution in [3.8, 4) is 0 Å². The Labute approximate surface area is 101 Å². The highest BCUT2D eigenvalue weighted by atomic mass is 16.2. The largest absolute Gasteiger partial charge is 0.336 e. The quantitative estimate of drug-likeness (QED) is 0.723. The molecule has 1 aromatic rings. The van der Waals surface area contributed by atoms with Gasteiger partial charge < -0.3 is 4.90 Å². The molecule has 0 radical (unpaired) electrons. The van der Waals surface area contributed by atoms with Gasteiger partial charge in [-0.25, -0.2) is 0 Å². The zero-order valence-electron chi connectivity index (χ0n) is 10.0. The van der Waals surface area contributed by atoms with E-state index in [9.17, 15) is 4.79 Å². The highest BCUT2D eigenvalue weighted by molar-refractivity contribution is 5.94. The molecule has 1 aromatic heterocycles. The number of pyridine rings is 1. The molecule has 2 saturated heterocycles. The Kier molecular flexibility index (Phi) is 2.59. The zero-order chi connectivity index (χ0) is 11.8. The first-order valence-electron chi connectivity index (χ1n) is 6.17. The van der Waals surface area contributed by atoms with Crippen molar-refractivity contribution in [1.29, 1.82) is 0 Å². The van der Waals surface area contributed by atoms with Gasteiger partial charge >= 0.3 is 0 Å². The fourth-order valence-electron chi connectivity index (χ4n) is 2.96. The average Bonchev–Trinajstić information content (AvgIpc) is 2.61. The number of piperazine rings is 1. The van der Waals surface area contributed by atoms with Crippen LogP contribution in [-0.2, 0) is 0 Å². The molecule has 0 N–H and O–H groups in total. The molecule has 4 heteroatoms. The lowest BCUT2D eigenvalue weighted by Gasteiger charge is -2.38. The van der Waals surface area contributed by atoms with E-state index in [2.05, 4.69) is 16.9 Å². The summed E-state index contributed by atoms with van der Waals surface area (Å²) in [5.74, 6) is 0.150. The smallest absolute Gasteiger partial charge is 0.254 e. The van der Waals surface area contributed by atoms with Crippen LogP contribution in [-0.4, -0.2) is 52.9 Å². The second-order valence-corrected chi connectivity index (χ2v) is 5.00. The van der Waals surface area contributed by atoms with Crippen LogP contribution < -0.4 is 0 Å². The second kappa shape index (κ2) is 4.11. The first-order valence-corrected chi connectivity index (χ1v) is 6.17. The summed E-state index contributed by atoms with van der Waals surface area (Å²) < 4.78 is 0. The van der Waals surface area contributed by atoms with E-state index in [1.807, 2.05) is 4.90 Å². The van der Waals surface area contributed by atoms with Gasteiger partial charge in [0.1, 0.15) is 0 Å². The third kappa shape index (κ3) is 1.82. The third-order valence-corrected chi connectivity index (χ3v) is 4.06. The lowest BCUT2D eigenvalue weighted by Crippen LogP contribution is -2.53. The molecule has 17 heavy (non-hydrogen) atoms. The second-order valence-electron chi connectivity index (χ2n) is 5.00. The molecule has 4 nitrogen and oxygen atoms in total. The molecule has 3 heterocycles. The van der Waals surface area contributed by atoms with E-state index in [-0.39, 0.29) is 5.91 Å². The number of amides is 1. The van der Waals surface area contributed by atoms with E-state index in [4.69, 9.17) is 0 Å². The van der Waals surface area contributed by atoms with Crippen LogP contribution in [0.2, 0.25) is 0 Å². The fraction of sp³-hybridized carbons (Fsp3) is 0.538. The third-order valence-electron chi connectivity index (χ3n) is 4.06. The minimum atomic E-state index is 0.150. The number of hydrogen-bond donors (Lipinski definition) is 0. The number of carbonyl (C=O) groups excluding carboxylic acids is 1. The molecular weight excluding hydrogens is 214 g/mol. The Morgan fingerprint density at radius 3 is 2.41 bits per heavy atom. The molecule has 90 valence electrons. The first-order chi connectivity index (χ1) is 8.25. The van der Waals surface area contributed by atoms with Crippen LogP contribution in [0.15, 0.2) is 24.5 Å². The van der Waals surface area contributed by atoms with Crippen LogP contribution >= 0.6 is 0 Å². The van der Waals surface area contributed by atoms with E-state index in [0.29, 0.717) is 12.1 Å². The average molecular weight is 231 g/mol. The monoisotopic (exact) mass is 231 g/mol. The van der Waals surface area contributed by atoms with Gasteiger partial charge in [0.15, 0.2) is 0 Å². The number of likely N-dealkylation sites (tertiary alicyclic amines) is 1. The maximum absolute atomic E-state index is 12.3. The Balaban J connectivity index is 1.77. The van der Waals surface area contributed by atoms with Crippen LogP contribution in [0, 0.1) is 0 Å². The number of rotatable bonds is 1. The number of nitrogens with zero attached hydrogens (tertiary/aromatic N) is 3. The number of aromatic nitrogens is 1. The number of likely N-dealkylation sites (N-methyl/N-ethyl adjacent to an activating group) is 1. The number of fused-ring (bicyclic) bond motifs is 2. The SMILES string of the molecule is CN1C2CCC1CN(C(=O)c1ccncc1)C2. The molecule has 2 bridgehead atoms. The minimum Gasteiger partial charge on any atom is -0.336 e. The normalized spacial score (nSPS) is 28.4. The molecule has 3 rings (SSSR count). The standard InChI is InChI=1S/C13H17N3O/c1-15-11-2-3-12(15)9-16(8-11)13(17)10-4-6-14-7-5-10/h4-7,11-12H,2-3,8-9H2,1H3. The predicted octanol–water partition coefficient (Wildman–Crippen LogP) is 1.00. The van der Waals surface area contributed by atoms with Crippen molar-refractivity contribution >= 4 is 5.91 Å². The van der Waals surface area contributed by atoms with E-state index >= 15 is 0 Å². The Bertz CT molecular complexity index is 406. The number of hydrogen-bond acceptors (Lipinski definition) is 3. The summed E-state index contributed by atoms with van der Waals surface area (Å²) in [6.07, 6.45) is 5.80. The van der Waals surface area contributed by atoms with E-state index < -0.39 is 0 Å². The van der Waals surface area contributed by atoms with Gasteiger partial charge in [0.2, 0.25) is 0 Å². The van der Waals surface area contributed by atoms with Gasteiger partial charge in [-0.1, -0.05) is 0 Å². The van der Waals surface area contributed by atoms with Crippen molar-refractivity contribution in [3.63, 3.8) is 0 Å². The van der Waals surface area contributed by atoms with Crippen molar-refractivity contribution in [3.05, 3.63) is 30.1 Å². The van der Waals surface area contributed by atoms with E-state index in [1.165, 1.54) is 12.8 Å². The van der Waals surface area contributed by atoms with Gasteiger partial charge in [-0.3, -0.25) is 14.7 Å². The van der Waals surface area contributed by atoms with Crippen molar-refractivity contribution in [2.24, 2.45) is 0 Å². The van der Waals surface area contributed by atoms with Crippen molar-refractivity contribution in [1.82, 2.24) is 14.8 Å². The van der Waals surface area contributed by atoms with Gasteiger partial charge in [0.05, 0.1) is 0 Å². The van der Waals surface area contributed by atoms with Gasteiger partial charge in [-0.05, 0) is 32.0 Å². The summed E-state index contributed by atoms with van der Waals surface area (Å²) in [4.78, 5) is 20.7. The predicted molar refractivity (Wildman–Crippen MR) is 64.7 cm³/mol. The van der Waals surface area contributed by atoms with Crippen LogP contribution in [0.5, 0.6) is 0 Å². The van der Waals surface area contributed by atoms with E-state index in [0.717, 1.165) is 18.7 Å². The molecule has 0 aliphatic carbocycles. The lowest BCUT2D eigenvalue weighted by molar-refractivity contribution is 0.0524. The summed E-state index contributed by atoms with van der Waals surface area (Å²) >= 11 is 0. The maximum atomic E-state index is 12.3. The molecule has 1 amide bonds. The first kappa shape index (κ1) is 10.7. The fourth-order valence-corrected chi connectivity index (χ4v) is 2.96.